The van der Waals surface area contributed by atoms with Gasteiger partial charge in [-0.15, -0.1) is 0 Å². The highest BCUT2D eigenvalue weighted by Gasteiger charge is 2.32. The Hall–Kier alpha value is -2.34. The number of sulfonamides is 1. The van der Waals surface area contributed by atoms with Crippen molar-refractivity contribution in [1.82, 2.24) is 0 Å². The van der Waals surface area contributed by atoms with Gasteiger partial charge in [-0.25, -0.2) is 8.42 Å². The first kappa shape index (κ1) is 20.9. The van der Waals surface area contributed by atoms with E-state index in [0.717, 1.165) is 48.9 Å². The first-order chi connectivity index (χ1) is 14.1. The van der Waals surface area contributed by atoms with Gasteiger partial charge in [-0.3, -0.25) is 9.52 Å². The van der Waals surface area contributed by atoms with E-state index in [9.17, 15) is 13.2 Å². The zero-order valence-corrected chi connectivity index (χ0v) is 18.8. The molecule has 1 fully saturated rings. The monoisotopic (exact) mass is 426 g/mol. The molecule has 0 saturated heterocycles. The Labute approximate surface area is 179 Å². The SMILES string of the molecule is CC(C)(C)c1ccc(S(=O)(=O)Nc2ccc3c(c2)N(C(=O)C2CCCC2)CC3)cc1. The Morgan fingerprint density at radius 2 is 1.70 bits per heavy atom. The number of hydrogen-bond acceptors (Lipinski definition) is 3. The number of anilines is 2. The average molecular weight is 427 g/mol. The van der Waals surface area contributed by atoms with Crippen LogP contribution < -0.4 is 9.62 Å². The van der Waals surface area contributed by atoms with Gasteiger partial charge in [0.25, 0.3) is 10.0 Å². The molecular weight excluding hydrogens is 396 g/mol. The van der Waals surface area contributed by atoms with Crippen molar-refractivity contribution in [3.05, 3.63) is 53.6 Å². The number of fused-ring (bicyclic) bond motifs is 1. The highest BCUT2D eigenvalue weighted by Crippen LogP contribution is 2.35. The maximum Gasteiger partial charge on any atom is 0.261 e. The van der Waals surface area contributed by atoms with Crippen LogP contribution in [0.25, 0.3) is 0 Å². The molecule has 2 aliphatic rings. The minimum Gasteiger partial charge on any atom is -0.312 e. The van der Waals surface area contributed by atoms with Crippen molar-refractivity contribution in [2.75, 3.05) is 16.2 Å². The first-order valence-corrected chi connectivity index (χ1v) is 12.2. The van der Waals surface area contributed by atoms with Gasteiger partial charge in [0.2, 0.25) is 5.91 Å². The third kappa shape index (κ3) is 4.10. The van der Waals surface area contributed by atoms with Crippen LogP contribution in [0, 0.1) is 5.92 Å². The number of carbonyl (C=O) groups excluding carboxylic acids is 1. The summed E-state index contributed by atoms with van der Waals surface area (Å²) in [5.74, 6) is 0.293. The highest BCUT2D eigenvalue weighted by atomic mass is 32.2. The van der Waals surface area contributed by atoms with Crippen molar-refractivity contribution in [3.8, 4) is 0 Å². The molecule has 160 valence electrons. The molecule has 0 spiro atoms. The lowest BCUT2D eigenvalue weighted by Gasteiger charge is -2.22. The van der Waals surface area contributed by atoms with Gasteiger partial charge in [0, 0.05) is 18.2 Å². The molecular formula is C24H30N2O3S. The minimum absolute atomic E-state index is 0.0367. The van der Waals surface area contributed by atoms with E-state index in [4.69, 9.17) is 0 Å². The number of hydrogen-bond donors (Lipinski definition) is 1. The summed E-state index contributed by atoms with van der Waals surface area (Å²) >= 11 is 0. The van der Waals surface area contributed by atoms with E-state index in [-0.39, 0.29) is 22.1 Å². The molecule has 30 heavy (non-hydrogen) atoms. The summed E-state index contributed by atoms with van der Waals surface area (Å²) in [6.07, 6.45) is 4.97. The average Bonchev–Trinajstić information content (AvgIpc) is 3.36. The van der Waals surface area contributed by atoms with Crippen molar-refractivity contribution in [3.63, 3.8) is 0 Å². The largest absolute Gasteiger partial charge is 0.312 e. The fourth-order valence-electron chi connectivity index (χ4n) is 4.41. The predicted octanol–water partition coefficient (Wildman–Crippen LogP) is 4.86. The van der Waals surface area contributed by atoms with Crippen LogP contribution >= 0.6 is 0 Å². The van der Waals surface area contributed by atoms with E-state index >= 15 is 0 Å². The topological polar surface area (TPSA) is 66.5 Å². The van der Waals surface area contributed by atoms with Crippen LogP contribution in [0.5, 0.6) is 0 Å². The molecule has 1 aliphatic carbocycles. The predicted molar refractivity (Wildman–Crippen MR) is 120 cm³/mol. The lowest BCUT2D eigenvalue weighted by atomic mass is 9.87. The molecule has 0 bridgehead atoms. The van der Waals surface area contributed by atoms with Crippen molar-refractivity contribution >= 4 is 27.3 Å². The Kier molecular flexibility index (Phi) is 5.39. The van der Waals surface area contributed by atoms with Crippen molar-refractivity contribution in [2.24, 2.45) is 5.92 Å². The third-order valence-electron chi connectivity index (χ3n) is 6.23. The van der Waals surface area contributed by atoms with Gasteiger partial charge < -0.3 is 4.90 Å². The number of nitrogens with zero attached hydrogens (tertiary/aromatic N) is 1. The molecule has 0 aromatic heterocycles. The summed E-state index contributed by atoms with van der Waals surface area (Å²) in [7, 11) is -3.70. The van der Waals surface area contributed by atoms with Crippen LogP contribution in [0.15, 0.2) is 47.4 Å². The van der Waals surface area contributed by atoms with Crippen molar-refractivity contribution in [1.29, 1.82) is 0 Å². The van der Waals surface area contributed by atoms with E-state index in [1.807, 2.05) is 23.1 Å². The maximum absolute atomic E-state index is 12.9. The van der Waals surface area contributed by atoms with Crippen molar-refractivity contribution < 1.29 is 13.2 Å². The lowest BCUT2D eigenvalue weighted by Crippen LogP contribution is -2.33. The van der Waals surface area contributed by atoms with Gasteiger partial charge in [-0.1, -0.05) is 51.8 Å². The Morgan fingerprint density at radius 3 is 2.33 bits per heavy atom. The van der Waals surface area contributed by atoms with E-state index in [0.29, 0.717) is 12.2 Å². The molecule has 1 N–H and O–H groups in total. The normalized spacial score (nSPS) is 17.2. The molecule has 4 rings (SSSR count). The van der Waals surface area contributed by atoms with Gasteiger partial charge in [0.15, 0.2) is 0 Å². The van der Waals surface area contributed by atoms with E-state index < -0.39 is 10.0 Å². The van der Waals surface area contributed by atoms with Gasteiger partial charge in [-0.2, -0.15) is 0 Å². The van der Waals surface area contributed by atoms with Crippen LogP contribution in [0.4, 0.5) is 11.4 Å². The second-order valence-corrected chi connectivity index (χ2v) is 11.1. The zero-order valence-electron chi connectivity index (χ0n) is 17.9. The van der Waals surface area contributed by atoms with Crippen LogP contribution in [-0.2, 0) is 26.7 Å². The van der Waals surface area contributed by atoms with Gasteiger partial charge in [-0.05, 0) is 60.1 Å². The smallest absolute Gasteiger partial charge is 0.261 e. The van der Waals surface area contributed by atoms with Gasteiger partial charge in [0.1, 0.15) is 0 Å². The Bertz CT molecular complexity index is 1050. The molecule has 1 amide bonds. The zero-order chi connectivity index (χ0) is 21.5. The highest BCUT2D eigenvalue weighted by molar-refractivity contribution is 7.92. The fourth-order valence-corrected chi connectivity index (χ4v) is 5.46. The molecule has 1 heterocycles. The van der Waals surface area contributed by atoms with Crippen LogP contribution in [-0.4, -0.2) is 20.9 Å². The molecule has 2 aromatic carbocycles. The second kappa shape index (κ2) is 7.73. The fraction of sp³-hybridized carbons (Fsp3) is 0.458. The van der Waals surface area contributed by atoms with E-state index in [2.05, 4.69) is 25.5 Å². The lowest BCUT2D eigenvalue weighted by molar-refractivity contribution is -0.122. The molecule has 0 unspecified atom stereocenters. The molecule has 6 heteroatoms. The van der Waals surface area contributed by atoms with Crippen LogP contribution in [0.3, 0.4) is 0 Å². The quantitative estimate of drug-likeness (QED) is 0.759. The number of benzene rings is 2. The van der Waals surface area contributed by atoms with Gasteiger partial charge in [0.05, 0.1) is 10.6 Å². The molecule has 0 atom stereocenters. The van der Waals surface area contributed by atoms with E-state index in [1.165, 1.54) is 0 Å². The number of carbonyl (C=O) groups is 1. The van der Waals surface area contributed by atoms with Gasteiger partial charge >= 0.3 is 0 Å². The standard InChI is InChI=1S/C24H30N2O3S/c1-24(2,3)19-9-12-21(13-10-19)30(28,29)25-20-11-8-17-14-15-26(22(17)16-20)23(27)18-6-4-5-7-18/h8-13,16,18,25H,4-7,14-15H2,1-3H3. The van der Waals surface area contributed by atoms with Crippen LogP contribution in [0.2, 0.25) is 0 Å². The molecule has 5 nitrogen and oxygen atoms in total. The molecule has 1 aliphatic heterocycles. The summed E-state index contributed by atoms with van der Waals surface area (Å²) in [5, 5.41) is 0. The van der Waals surface area contributed by atoms with Crippen molar-refractivity contribution in [2.45, 2.75) is 63.2 Å². The Balaban J connectivity index is 1.55. The summed E-state index contributed by atoms with van der Waals surface area (Å²) in [6, 6.07) is 12.5. The molecule has 2 aromatic rings. The molecule has 0 radical (unpaired) electrons. The maximum atomic E-state index is 12.9. The number of amides is 1. The summed E-state index contributed by atoms with van der Waals surface area (Å²) in [5.41, 5.74) is 3.47. The first-order valence-electron chi connectivity index (χ1n) is 10.7. The third-order valence-corrected chi connectivity index (χ3v) is 7.63. The number of rotatable bonds is 4. The van der Waals surface area contributed by atoms with E-state index in [1.54, 1.807) is 24.3 Å². The van der Waals surface area contributed by atoms with Crippen LogP contribution in [0.1, 0.15) is 57.6 Å². The second-order valence-electron chi connectivity index (χ2n) is 9.44. The summed E-state index contributed by atoms with van der Waals surface area (Å²) in [6.45, 7) is 6.96. The minimum atomic E-state index is -3.70. The molecule has 1 saturated carbocycles. The Morgan fingerprint density at radius 1 is 1.03 bits per heavy atom. The number of nitrogens with one attached hydrogen (secondary N) is 1. The summed E-state index contributed by atoms with van der Waals surface area (Å²) in [4.78, 5) is 15.0. The summed E-state index contributed by atoms with van der Waals surface area (Å²) < 4.78 is 28.5.